The molecule has 0 N–H and O–H groups in total. The summed E-state index contributed by atoms with van der Waals surface area (Å²) < 4.78 is 7.82. The molecule has 0 aromatic heterocycles. The Bertz CT molecular complexity index is 262. The Morgan fingerprint density at radius 1 is 1.07 bits per heavy atom. The minimum atomic E-state index is -1.39. The Morgan fingerprint density at radius 3 is 1.87 bits per heavy atom. The van der Waals surface area contributed by atoms with Crippen LogP contribution in [0.25, 0.3) is 0 Å². The average molecular weight is 241 g/mol. The lowest BCUT2D eigenvalue weighted by molar-refractivity contribution is -0.151. The van der Waals surface area contributed by atoms with Gasteiger partial charge in [-0.1, -0.05) is 0 Å². The Balaban J connectivity index is -0.000000720. The highest BCUT2D eigenvalue weighted by Gasteiger charge is 2.20. The van der Waals surface area contributed by atoms with Crippen molar-refractivity contribution in [2.24, 2.45) is 0 Å². The van der Waals surface area contributed by atoms with E-state index in [0.717, 1.165) is 14.0 Å². The molecule has 8 heteroatoms. The first-order chi connectivity index (χ1) is 5.97. The Hall–Kier alpha value is -0.188. The molecule has 0 spiro atoms. The fourth-order valence-corrected chi connectivity index (χ4v) is 0.473. The minimum absolute atomic E-state index is 0. The van der Waals surface area contributed by atoms with Crippen LogP contribution in [0.3, 0.4) is 0 Å². The van der Waals surface area contributed by atoms with Gasteiger partial charge in [-0.15, -0.1) is 0 Å². The summed E-state index contributed by atoms with van der Waals surface area (Å²) in [5.41, 5.74) is 0. The third-order valence-electron chi connectivity index (χ3n) is 0.980. The molecule has 0 radical (unpaired) electrons. The van der Waals surface area contributed by atoms with Gasteiger partial charge in [0.15, 0.2) is 0 Å². The van der Waals surface area contributed by atoms with E-state index in [1.54, 1.807) is 0 Å². The van der Waals surface area contributed by atoms with Gasteiger partial charge in [-0.05, 0) is 6.92 Å². The third kappa shape index (κ3) is 10.1. The molecule has 0 rings (SSSR count). The molecule has 0 heterocycles. The largest absolute Gasteiger partial charge is 0.516 e. The van der Waals surface area contributed by atoms with Crippen LogP contribution >= 0.6 is 0 Å². The average Bonchev–Trinajstić information content (AvgIpc) is 2.02. The molecular weight excluding hydrogens is 229 g/mol. The molecule has 6 nitrogen and oxygen atoms in total. The minimum Gasteiger partial charge on any atom is -0.437 e. The van der Waals surface area contributed by atoms with Crippen molar-refractivity contribution in [2.45, 2.75) is 13.3 Å². The second-order valence-electron chi connectivity index (χ2n) is 2.15. The number of methoxy groups -OCH3 is 1. The van der Waals surface area contributed by atoms with Crippen LogP contribution in [0.15, 0.2) is 0 Å². The number of esters is 1. The first kappa shape index (κ1) is 20.3. The van der Waals surface area contributed by atoms with Crippen LogP contribution < -0.4 is 0 Å². The maximum atomic E-state index is 10.7. The van der Waals surface area contributed by atoms with Gasteiger partial charge in [-0.2, -0.15) is 0 Å². The maximum Gasteiger partial charge on any atom is 0.516 e. The van der Waals surface area contributed by atoms with E-state index in [1.165, 1.54) is 0 Å². The fourth-order valence-electron chi connectivity index (χ4n) is 0.473. The van der Waals surface area contributed by atoms with Crippen molar-refractivity contribution in [3.05, 3.63) is 0 Å². The molecule has 0 aliphatic carbocycles. The molecule has 0 aliphatic heterocycles. The van der Waals surface area contributed by atoms with Crippen LogP contribution in [0.4, 0.5) is 4.79 Å². The molecule has 0 saturated heterocycles. The van der Waals surface area contributed by atoms with E-state index >= 15 is 0 Å². The molecule has 15 heavy (non-hydrogen) atoms. The third-order valence-corrected chi connectivity index (χ3v) is 0.980. The lowest BCUT2D eigenvalue weighted by atomic mass is 10.2. The summed E-state index contributed by atoms with van der Waals surface area (Å²) in [6.45, 7) is 1.14. The molecule has 0 bridgehead atoms. The zero-order chi connectivity index (χ0) is 10.4. The number of Topliss-reactive ketones (excluding diaryl/α,β-unsaturated/α-hetero) is 2. The van der Waals surface area contributed by atoms with Gasteiger partial charge >= 0.3 is 58.2 Å². The van der Waals surface area contributed by atoms with Gasteiger partial charge in [0, 0.05) is 0 Å². The number of carbonyl (C=O) groups excluding carboxylic acids is 4. The number of carbonyl (C=O) groups is 4. The van der Waals surface area contributed by atoms with Crippen molar-refractivity contribution in [3.63, 3.8) is 0 Å². The Kier molecular flexibility index (Phi) is 14.0. The van der Waals surface area contributed by atoms with Crippen molar-refractivity contribution in [1.82, 2.24) is 0 Å². The summed E-state index contributed by atoms with van der Waals surface area (Å²) in [6, 6.07) is 0. The van der Waals surface area contributed by atoms with Crippen LogP contribution in [0.5, 0.6) is 0 Å². The SMILES string of the molecule is COC(=O)OC(=O)C(=O)CC(C)=O.[MgH2].[MgH2]. The topological polar surface area (TPSA) is 86.7 Å². The smallest absolute Gasteiger partial charge is 0.437 e. The predicted molar refractivity (Wildman–Crippen MR) is 55.9 cm³/mol. The number of rotatable bonds is 3. The van der Waals surface area contributed by atoms with Gasteiger partial charge < -0.3 is 9.47 Å². The van der Waals surface area contributed by atoms with Gasteiger partial charge in [0.2, 0.25) is 5.78 Å². The van der Waals surface area contributed by atoms with Gasteiger partial charge in [-0.3, -0.25) is 9.59 Å². The van der Waals surface area contributed by atoms with E-state index in [1.807, 2.05) is 0 Å². The molecule has 0 aromatic rings. The number of hydrogen-bond donors (Lipinski definition) is 0. The van der Waals surface area contributed by atoms with Crippen molar-refractivity contribution < 1.29 is 28.7 Å². The zero-order valence-electron chi connectivity index (χ0n) is 7.16. The fraction of sp³-hybridized carbons (Fsp3) is 0.429. The summed E-state index contributed by atoms with van der Waals surface area (Å²) in [6.07, 6.45) is -1.85. The lowest BCUT2D eigenvalue weighted by Gasteiger charge is -1.98. The molecule has 0 unspecified atom stereocenters. The van der Waals surface area contributed by atoms with Gasteiger partial charge in [0.05, 0.1) is 13.5 Å². The Morgan fingerprint density at radius 2 is 1.53 bits per heavy atom. The van der Waals surface area contributed by atoms with E-state index in [2.05, 4.69) is 9.47 Å². The highest BCUT2D eigenvalue weighted by molar-refractivity contribution is 6.38. The summed E-state index contributed by atoms with van der Waals surface area (Å²) in [5, 5.41) is 0. The van der Waals surface area contributed by atoms with E-state index in [4.69, 9.17) is 0 Å². The van der Waals surface area contributed by atoms with E-state index < -0.39 is 30.1 Å². The predicted octanol–water partition coefficient (Wildman–Crippen LogP) is -1.99. The number of ether oxygens (including phenoxy) is 2. The van der Waals surface area contributed by atoms with Gasteiger partial charge in [-0.25, -0.2) is 9.59 Å². The second kappa shape index (κ2) is 10.3. The van der Waals surface area contributed by atoms with Crippen LogP contribution in [0.2, 0.25) is 0 Å². The standard InChI is InChI=1S/C7H8O6.2Mg.4H/c1-4(8)3-5(9)6(10)13-7(11)12-2;;;;;;/h3H2,1-2H3;;;;;;. The molecule has 0 aromatic carbocycles. The van der Waals surface area contributed by atoms with E-state index in [9.17, 15) is 19.2 Å². The first-order valence-electron chi connectivity index (χ1n) is 3.29. The quantitative estimate of drug-likeness (QED) is 0.246. The highest BCUT2D eigenvalue weighted by Crippen LogP contribution is 1.91. The van der Waals surface area contributed by atoms with Crippen LogP contribution in [0.1, 0.15) is 13.3 Å². The van der Waals surface area contributed by atoms with Crippen LogP contribution in [0, 0.1) is 0 Å². The summed E-state index contributed by atoms with van der Waals surface area (Å²) in [5.74, 6) is -2.94. The molecule has 0 fully saturated rings. The van der Waals surface area contributed by atoms with E-state index in [0.29, 0.717) is 0 Å². The molecule has 0 aliphatic rings. The van der Waals surface area contributed by atoms with Crippen molar-refractivity contribution in [3.8, 4) is 0 Å². The van der Waals surface area contributed by atoms with Gasteiger partial charge in [0.25, 0.3) is 0 Å². The van der Waals surface area contributed by atoms with Gasteiger partial charge in [0.1, 0.15) is 5.78 Å². The monoisotopic (exact) mass is 240 g/mol. The zero-order valence-corrected chi connectivity index (χ0v) is 7.16. The Labute approximate surface area is 118 Å². The highest BCUT2D eigenvalue weighted by atomic mass is 24.3. The number of ketones is 2. The first-order valence-corrected chi connectivity index (χ1v) is 3.29. The molecule has 0 saturated carbocycles. The van der Waals surface area contributed by atoms with Crippen molar-refractivity contribution in [2.75, 3.05) is 7.11 Å². The molecular formula is C7H12Mg2O6. The summed E-state index contributed by atoms with van der Waals surface area (Å²) >= 11 is 0. The van der Waals surface area contributed by atoms with Crippen LogP contribution in [-0.2, 0) is 23.9 Å². The normalized spacial score (nSPS) is 7.60. The van der Waals surface area contributed by atoms with Crippen molar-refractivity contribution in [1.29, 1.82) is 0 Å². The maximum absolute atomic E-state index is 10.7. The lowest BCUT2D eigenvalue weighted by Crippen LogP contribution is -2.22. The summed E-state index contributed by atoms with van der Waals surface area (Å²) in [4.78, 5) is 42.0. The summed E-state index contributed by atoms with van der Waals surface area (Å²) in [7, 11) is 0.991. The van der Waals surface area contributed by atoms with Crippen LogP contribution in [-0.4, -0.2) is 76.9 Å². The molecule has 0 atom stereocenters. The second-order valence-corrected chi connectivity index (χ2v) is 2.15. The number of hydrogen-bond acceptors (Lipinski definition) is 6. The molecule has 80 valence electrons. The molecule has 0 amide bonds. The van der Waals surface area contributed by atoms with E-state index in [-0.39, 0.29) is 46.1 Å². The van der Waals surface area contributed by atoms with Crippen molar-refractivity contribution >= 4 is 69.8 Å².